The van der Waals surface area contributed by atoms with Crippen molar-refractivity contribution in [1.29, 1.82) is 0 Å². The van der Waals surface area contributed by atoms with Crippen molar-refractivity contribution >= 4 is 0 Å². The van der Waals surface area contributed by atoms with Crippen LogP contribution in [0.25, 0.3) is 0 Å². The van der Waals surface area contributed by atoms with Crippen molar-refractivity contribution in [2.75, 3.05) is 26.2 Å². The van der Waals surface area contributed by atoms with Gasteiger partial charge in [-0.05, 0) is 56.0 Å². The first-order chi connectivity index (χ1) is 10.7. The molecule has 2 N–H and O–H groups in total. The zero-order valence-corrected chi connectivity index (χ0v) is 13.2. The third kappa shape index (κ3) is 6.58. The first kappa shape index (κ1) is 17.0. The van der Waals surface area contributed by atoms with E-state index < -0.39 is 0 Å². The number of ether oxygens (including phenoxy) is 1. The maximum atomic E-state index is 12.8. The van der Waals surface area contributed by atoms with Gasteiger partial charge in [0.15, 0.2) is 0 Å². The maximum absolute atomic E-state index is 12.8. The summed E-state index contributed by atoms with van der Waals surface area (Å²) in [6.45, 7) is 8.28. The molecule has 0 radical (unpaired) electrons. The molecule has 1 heterocycles. The lowest BCUT2D eigenvalue weighted by Gasteiger charge is -2.11. The standard InChI is InChI=1S/C18H27FN2O/c1-15(13-22-14-17-5-7-18(19)8-6-17)21-10-3-2-4-16-9-11-20-12-16/h5-8,16,20-21H,1-4,9-14H2. The first-order valence-corrected chi connectivity index (χ1v) is 8.18. The van der Waals surface area contributed by atoms with Gasteiger partial charge in [0.25, 0.3) is 0 Å². The van der Waals surface area contributed by atoms with Crippen LogP contribution in [0, 0.1) is 11.7 Å². The summed E-state index contributed by atoms with van der Waals surface area (Å²) in [7, 11) is 0. The van der Waals surface area contributed by atoms with Gasteiger partial charge in [-0.25, -0.2) is 4.39 Å². The Labute approximate surface area is 132 Å². The zero-order chi connectivity index (χ0) is 15.6. The van der Waals surface area contributed by atoms with Gasteiger partial charge in [0.2, 0.25) is 0 Å². The van der Waals surface area contributed by atoms with Gasteiger partial charge in [0, 0.05) is 12.2 Å². The number of hydrogen-bond acceptors (Lipinski definition) is 3. The second-order valence-electron chi connectivity index (χ2n) is 6.00. The summed E-state index contributed by atoms with van der Waals surface area (Å²) in [5.74, 6) is 0.658. The molecule has 0 aliphatic carbocycles. The molecule has 0 aromatic heterocycles. The zero-order valence-electron chi connectivity index (χ0n) is 13.2. The summed E-state index contributed by atoms with van der Waals surface area (Å²) in [6.07, 6.45) is 5.09. The van der Waals surface area contributed by atoms with Gasteiger partial charge in [0.05, 0.1) is 13.2 Å². The molecule has 0 bridgehead atoms. The molecule has 3 nitrogen and oxygen atoms in total. The lowest BCUT2D eigenvalue weighted by molar-refractivity contribution is 0.139. The van der Waals surface area contributed by atoms with E-state index in [1.807, 2.05) is 0 Å². The lowest BCUT2D eigenvalue weighted by Crippen LogP contribution is -2.18. The molecule has 1 aromatic carbocycles. The highest BCUT2D eigenvalue weighted by Gasteiger charge is 2.13. The molecule has 0 saturated carbocycles. The number of hydrogen-bond donors (Lipinski definition) is 2. The molecular weight excluding hydrogens is 279 g/mol. The molecule has 1 fully saturated rings. The highest BCUT2D eigenvalue weighted by atomic mass is 19.1. The molecule has 22 heavy (non-hydrogen) atoms. The maximum Gasteiger partial charge on any atom is 0.123 e. The normalized spacial score (nSPS) is 17.6. The van der Waals surface area contributed by atoms with Crippen molar-refractivity contribution in [3.63, 3.8) is 0 Å². The van der Waals surface area contributed by atoms with Gasteiger partial charge in [-0.3, -0.25) is 0 Å². The van der Waals surface area contributed by atoms with Gasteiger partial charge >= 0.3 is 0 Å². The van der Waals surface area contributed by atoms with E-state index in [9.17, 15) is 4.39 Å². The number of unbranched alkanes of at least 4 members (excludes halogenated alkanes) is 1. The Morgan fingerprint density at radius 1 is 1.32 bits per heavy atom. The average Bonchev–Trinajstić information content (AvgIpc) is 3.02. The highest BCUT2D eigenvalue weighted by Crippen LogP contribution is 2.15. The minimum Gasteiger partial charge on any atom is -0.387 e. The molecule has 1 saturated heterocycles. The smallest absolute Gasteiger partial charge is 0.123 e. The Kier molecular flexibility index (Phi) is 7.40. The van der Waals surface area contributed by atoms with Crippen molar-refractivity contribution < 1.29 is 9.13 Å². The Hall–Kier alpha value is -1.39. The summed E-state index contributed by atoms with van der Waals surface area (Å²) in [5.41, 5.74) is 1.88. The van der Waals surface area contributed by atoms with Gasteiger partial charge in [-0.1, -0.05) is 25.1 Å². The fourth-order valence-corrected chi connectivity index (χ4v) is 2.71. The Morgan fingerprint density at radius 3 is 2.86 bits per heavy atom. The summed E-state index contributed by atoms with van der Waals surface area (Å²) in [4.78, 5) is 0. The van der Waals surface area contributed by atoms with Crippen LogP contribution in [-0.2, 0) is 11.3 Å². The van der Waals surface area contributed by atoms with Crippen molar-refractivity contribution in [3.8, 4) is 0 Å². The van der Waals surface area contributed by atoms with E-state index in [0.29, 0.717) is 13.2 Å². The van der Waals surface area contributed by atoms with Crippen LogP contribution in [0.4, 0.5) is 4.39 Å². The van der Waals surface area contributed by atoms with Crippen LogP contribution in [0.1, 0.15) is 31.2 Å². The van der Waals surface area contributed by atoms with E-state index in [1.54, 1.807) is 12.1 Å². The van der Waals surface area contributed by atoms with Crippen LogP contribution < -0.4 is 10.6 Å². The Balaban J connectivity index is 1.46. The van der Waals surface area contributed by atoms with Crippen LogP contribution in [0.5, 0.6) is 0 Å². The molecule has 1 aliphatic heterocycles. The second kappa shape index (κ2) is 9.59. The van der Waals surface area contributed by atoms with Crippen LogP contribution in [0.15, 0.2) is 36.5 Å². The van der Waals surface area contributed by atoms with Gasteiger partial charge in [0.1, 0.15) is 5.82 Å². The van der Waals surface area contributed by atoms with Gasteiger partial charge in [-0.15, -0.1) is 0 Å². The summed E-state index contributed by atoms with van der Waals surface area (Å²) in [6, 6.07) is 6.38. The van der Waals surface area contributed by atoms with Crippen molar-refractivity contribution in [3.05, 3.63) is 47.9 Å². The topological polar surface area (TPSA) is 33.3 Å². The van der Waals surface area contributed by atoms with Gasteiger partial charge in [-0.2, -0.15) is 0 Å². The number of nitrogens with one attached hydrogen (secondary N) is 2. The molecule has 1 atom stereocenters. The van der Waals surface area contributed by atoms with E-state index in [4.69, 9.17) is 4.74 Å². The first-order valence-electron chi connectivity index (χ1n) is 8.18. The SMILES string of the molecule is C=C(COCc1ccc(F)cc1)NCCCCC1CCNC1. The van der Waals surface area contributed by atoms with Crippen molar-refractivity contribution in [2.45, 2.75) is 32.3 Å². The molecule has 0 amide bonds. The molecular formula is C18H27FN2O. The van der Waals surface area contributed by atoms with Crippen molar-refractivity contribution in [2.24, 2.45) is 5.92 Å². The highest BCUT2D eigenvalue weighted by molar-refractivity contribution is 5.15. The van der Waals surface area contributed by atoms with Crippen LogP contribution in [0.3, 0.4) is 0 Å². The van der Waals surface area contributed by atoms with Crippen molar-refractivity contribution in [1.82, 2.24) is 10.6 Å². The minimum atomic E-state index is -0.219. The quantitative estimate of drug-likeness (QED) is 0.651. The number of rotatable bonds is 10. The van der Waals surface area contributed by atoms with Crippen LogP contribution >= 0.6 is 0 Å². The van der Waals surface area contributed by atoms with E-state index in [1.165, 1.54) is 50.9 Å². The van der Waals surface area contributed by atoms with E-state index in [-0.39, 0.29) is 5.82 Å². The molecule has 1 aromatic rings. The molecule has 0 spiro atoms. The molecule has 1 unspecified atom stereocenters. The van der Waals surface area contributed by atoms with Gasteiger partial charge < -0.3 is 15.4 Å². The molecule has 4 heteroatoms. The van der Waals surface area contributed by atoms with E-state index in [0.717, 1.165) is 23.7 Å². The monoisotopic (exact) mass is 306 g/mol. The van der Waals surface area contributed by atoms with Crippen LogP contribution in [0.2, 0.25) is 0 Å². The van der Waals surface area contributed by atoms with E-state index >= 15 is 0 Å². The average molecular weight is 306 g/mol. The summed E-state index contributed by atoms with van der Waals surface area (Å²) < 4.78 is 18.3. The lowest BCUT2D eigenvalue weighted by atomic mass is 10.0. The molecule has 122 valence electrons. The number of halogens is 1. The van der Waals surface area contributed by atoms with E-state index in [2.05, 4.69) is 17.2 Å². The molecule has 2 rings (SSSR count). The second-order valence-corrected chi connectivity index (χ2v) is 6.00. The summed E-state index contributed by atoms with van der Waals surface area (Å²) >= 11 is 0. The predicted octanol–water partition coefficient (Wildman–Crippen LogP) is 3.23. The third-order valence-electron chi connectivity index (χ3n) is 4.03. The Morgan fingerprint density at radius 2 is 2.14 bits per heavy atom. The van der Waals surface area contributed by atoms with Crippen LogP contribution in [-0.4, -0.2) is 26.2 Å². The predicted molar refractivity (Wildman–Crippen MR) is 88.0 cm³/mol. The third-order valence-corrected chi connectivity index (χ3v) is 4.03. The molecule has 1 aliphatic rings. The largest absolute Gasteiger partial charge is 0.387 e. The minimum absolute atomic E-state index is 0.219. The summed E-state index contributed by atoms with van der Waals surface area (Å²) in [5, 5.41) is 6.71. The fourth-order valence-electron chi connectivity index (χ4n) is 2.71. The number of benzene rings is 1. The fraction of sp³-hybridized carbons (Fsp3) is 0.556. The Bertz CT molecular complexity index is 441.